The fourth-order valence-corrected chi connectivity index (χ4v) is 2.81. The monoisotopic (exact) mass is 466 g/mol. The smallest absolute Gasteiger partial charge is 0.0737 e. The number of nitrogens with zero attached hydrogens (tertiary/aromatic N) is 1. The minimum absolute atomic E-state index is 0.703. The average molecular weight is 468 g/mol. The van der Waals surface area contributed by atoms with Gasteiger partial charge < -0.3 is 5.32 Å². The molecule has 0 saturated heterocycles. The van der Waals surface area contributed by atoms with Crippen LogP contribution in [-0.4, -0.2) is 4.98 Å². The van der Waals surface area contributed by atoms with Crippen LogP contribution in [0.3, 0.4) is 0 Å². The van der Waals surface area contributed by atoms with E-state index in [1.807, 2.05) is 6.07 Å². The number of hydrogen-bond acceptors (Lipinski definition) is 2. The van der Waals surface area contributed by atoms with Gasteiger partial charge in [0.05, 0.1) is 12.2 Å². The van der Waals surface area contributed by atoms with Crippen LogP contribution in [0.25, 0.3) is 0 Å². The molecule has 88 valence electrons. The molecule has 0 aliphatic carbocycles. The number of halogens is 3. The van der Waals surface area contributed by atoms with Crippen LogP contribution in [0.2, 0.25) is 0 Å². The van der Waals surface area contributed by atoms with Crippen LogP contribution >= 0.6 is 54.5 Å². The van der Waals surface area contributed by atoms with Crippen LogP contribution in [0, 0.1) is 3.57 Å². The van der Waals surface area contributed by atoms with Gasteiger partial charge in [-0.2, -0.15) is 0 Å². The lowest BCUT2D eigenvalue weighted by Crippen LogP contribution is -2.02. The van der Waals surface area contributed by atoms with E-state index in [4.69, 9.17) is 0 Å². The number of hydrogen-bond donors (Lipinski definition) is 1. The molecule has 0 atom stereocenters. The average Bonchev–Trinajstić information content (AvgIpc) is 2.30. The molecule has 0 amide bonds. The molecule has 17 heavy (non-hydrogen) atoms. The van der Waals surface area contributed by atoms with Gasteiger partial charge in [-0.3, -0.25) is 4.98 Å². The molecule has 2 nitrogen and oxygen atoms in total. The summed E-state index contributed by atoms with van der Waals surface area (Å²) in [6.07, 6.45) is 1.80. The van der Waals surface area contributed by atoms with E-state index in [0.717, 1.165) is 20.3 Å². The van der Waals surface area contributed by atoms with Gasteiger partial charge in [-0.15, -0.1) is 0 Å². The Morgan fingerprint density at radius 3 is 2.53 bits per heavy atom. The first-order valence-corrected chi connectivity index (χ1v) is 7.61. The van der Waals surface area contributed by atoms with Crippen molar-refractivity contribution in [3.05, 3.63) is 54.7 Å². The summed E-state index contributed by atoms with van der Waals surface area (Å²) in [5.74, 6) is 0. The predicted octanol–water partition coefficient (Wildman–Crippen LogP) is 4.82. The van der Waals surface area contributed by atoms with Crippen LogP contribution in [-0.2, 0) is 6.54 Å². The van der Waals surface area contributed by atoms with Crippen molar-refractivity contribution < 1.29 is 0 Å². The van der Waals surface area contributed by atoms with E-state index >= 15 is 0 Å². The number of benzene rings is 1. The van der Waals surface area contributed by atoms with E-state index in [1.165, 1.54) is 3.57 Å². The third-order valence-electron chi connectivity index (χ3n) is 2.19. The Labute approximate surface area is 131 Å². The number of pyridine rings is 1. The first-order valence-electron chi connectivity index (χ1n) is 4.94. The lowest BCUT2D eigenvalue weighted by Gasteiger charge is -2.07. The Bertz CT molecular complexity index is 514. The molecule has 0 radical (unpaired) electrons. The van der Waals surface area contributed by atoms with E-state index in [9.17, 15) is 0 Å². The second-order valence-electron chi connectivity index (χ2n) is 3.44. The summed E-state index contributed by atoms with van der Waals surface area (Å²) in [5.41, 5.74) is 2.09. The van der Waals surface area contributed by atoms with E-state index < -0.39 is 0 Å². The maximum atomic E-state index is 4.35. The highest BCUT2D eigenvalue weighted by molar-refractivity contribution is 14.1. The minimum Gasteiger partial charge on any atom is -0.379 e. The molecule has 1 aromatic carbocycles. The van der Waals surface area contributed by atoms with Crippen molar-refractivity contribution in [1.29, 1.82) is 0 Å². The van der Waals surface area contributed by atoms with E-state index in [0.29, 0.717) is 6.54 Å². The number of rotatable bonds is 3. The second kappa shape index (κ2) is 6.15. The Balaban J connectivity index is 2.04. The zero-order chi connectivity index (χ0) is 12.3. The third-order valence-corrected chi connectivity index (χ3v) is 4.03. The van der Waals surface area contributed by atoms with Crippen LogP contribution < -0.4 is 5.32 Å². The van der Waals surface area contributed by atoms with E-state index in [1.54, 1.807) is 6.20 Å². The van der Waals surface area contributed by atoms with Crippen molar-refractivity contribution in [2.45, 2.75) is 6.54 Å². The van der Waals surface area contributed by atoms with Crippen molar-refractivity contribution >= 4 is 60.1 Å². The minimum atomic E-state index is 0.703. The fourth-order valence-electron chi connectivity index (χ4n) is 1.33. The van der Waals surface area contributed by atoms with Crippen LogP contribution in [0.1, 0.15) is 5.69 Å². The summed E-state index contributed by atoms with van der Waals surface area (Å²) < 4.78 is 3.21. The molecule has 0 aliphatic heterocycles. The third kappa shape index (κ3) is 3.93. The molecule has 0 unspecified atom stereocenters. The van der Waals surface area contributed by atoms with Gasteiger partial charge >= 0.3 is 0 Å². The molecule has 2 rings (SSSR count). The lowest BCUT2D eigenvalue weighted by atomic mass is 10.3. The number of anilines is 1. The summed E-state index contributed by atoms with van der Waals surface area (Å²) in [6, 6.07) is 10.3. The summed E-state index contributed by atoms with van der Waals surface area (Å²) in [7, 11) is 0. The van der Waals surface area contributed by atoms with Crippen LogP contribution in [0.4, 0.5) is 5.69 Å². The van der Waals surface area contributed by atoms with Crippen molar-refractivity contribution in [1.82, 2.24) is 4.98 Å². The summed E-state index contributed by atoms with van der Waals surface area (Å²) in [5, 5.41) is 3.34. The highest BCUT2D eigenvalue weighted by Gasteiger charge is 2.02. The quantitative estimate of drug-likeness (QED) is 0.654. The van der Waals surface area contributed by atoms with Gasteiger partial charge in [-0.1, -0.05) is 0 Å². The number of aromatic nitrogens is 1. The molecule has 0 spiro atoms. The SMILES string of the molecule is Brc1cnc(CNc2ccc(I)cc2)c(Br)c1. The molecular formula is C12H9Br2IN2. The van der Waals surface area contributed by atoms with Crippen molar-refractivity contribution in [2.24, 2.45) is 0 Å². The maximum absolute atomic E-state index is 4.35. The Kier molecular flexibility index (Phi) is 4.81. The molecule has 0 aliphatic rings. The topological polar surface area (TPSA) is 24.9 Å². The van der Waals surface area contributed by atoms with Gasteiger partial charge in [-0.05, 0) is 84.8 Å². The normalized spacial score (nSPS) is 10.3. The lowest BCUT2D eigenvalue weighted by molar-refractivity contribution is 1.03. The fraction of sp³-hybridized carbons (Fsp3) is 0.0833. The molecule has 2 aromatic rings. The van der Waals surface area contributed by atoms with E-state index in [2.05, 4.69) is 89.0 Å². The Morgan fingerprint density at radius 1 is 1.18 bits per heavy atom. The maximum Gasteiger partial charge on any atom is 0.0737 e. The second-order valence-corrected chi connectivity index (χ2v) is 6.46. The van der Waals surface area contributed by atoms with Gasteiger partial charge in [0.2, 0.25) is 0 Å². The Morgan fingerprint density at radius 2 is 1.88 bits per heavy atom. The van der Waals surface area contributed by atoms with Gasteiger partial charge in [-0.25, -0.2) is 0 Å². The summed E-state index contributed by atoms with van der Waals surface area (Å²) >= 11 is 9.18. The molecule has 5 heteroatoms. The van der Waals surface area contributed by atoms with Gasteiger partial charge in [0.1, 0.15) is 0 Å². The first kappa shape index (κ1) is 13.3. The first-order chi connectivity index (χ1) is 8.15. The van der Waals surface area contributed by atoms with Crippen molar-refractivity contribution in [2.75, 3.05) is 5.32 Å². The standard InChI is InChI=1S/C12H9Br2IN2/c13-8-5-11(14)12(17-6-8)7-16-10-3-1-9(15)2-4-10/h1-6,16H,7H2. The Hall–Kier alpha value is -0.140. The van der Waals surface area contributed by atoms with Crippen LogP contribution in [0.15, 0.2) is 45.5 Å². The molecule has 0 fully saturated rings. The number of nitrogens with one attached hydrogen (secondary N) is 1. The molecule has 1 heterocycles. The van der Waals surface area contributed by atoms with Crippen LogP contribution in [0.5, 0.6) is 0 Å². The van der Waals surface area contributed by atoms with Gasteiger partial charge in [0.25, 0.3) is 0 Å². The highest BCUT2D eigenvalue weighted by atomic mass is 127. The molecule has 0 saturated carbocycles. The molecule has 0 bridgehead atoms. The highest BCUT2D eigenvalue weighted by Crippen LogP contribution is 2.20. The summed E-state index contributed by atoms with van der Waals surface area (Å²) in [6.45, 7) is 0.703. The predicted molar refractivity (Wildman–Crippen MR) is 86.1 cm³/mol. The molecule has 1 aromatic heterocycles. The van der Waals surface area contributed by atoms with Gasteiger partial charge in [0.15, 0.2) is 0 Å². The molecule has 1 N–H and O–H groups in total. The van der Waals surface area contributed by atoms with E-state index in [-0.39, 0.29) is 0 Å². The van der Waals surface area contributed by atoms with Crippen molar-refractivity contribution in [3.63, 3.8) is 0 Å². The zero-order valence-electron chi connectivity index (χ0n) is 8.75. The summed E-state index contributed by atoms with van der Waals surface area (Å²) in [4.78, 5) is 4.35. The van der Waals surface area contributed by atoms with Gasteiger partial charge in [0, 0.05) is 24.4 Å². The zero-order valence-corrected chi connectivity index (χ0v) is 14.1. The largest absolute Gasteiger partial charge is 0.379 e. The molecular weight excluding hydrogens is 459 g/mol. The van der Waals surface area contributed by atoms with Crippen molar-refractivity contribution in [3.8, 4) is 0 Å².